The number of nitrogens with zero attached hydrogens (tertiary/aromatic N) is 1. The fourth-order valence-electron chi connectivity index (χ4n) is 1.63. The second-order valence-corrected chi connectivity index (χ2v) is 4.87. The van der Waals surface area contributed by atoms with Crippen LogP contribution in [-0.4, -0.2) is 18.4 Å². The molecule has 0 aliphatic rings. The number of hydrogen-bond acceptors (Lipinski definition) is 4. The third kappa shape index (κ3) is 3.90. The third-order valence-corrected chi connectivity index (χ3v) is 3.66. The van der Waals surface area contributed by atoms with Crippen molar-refractivity contribution < 1.29 is 14.3 Å². The molecule has 0 aromatic heterocycles. The van der Waals surface area contributed by atoms with Crippen LogP contribution in [-0.2, 0) is 16.0 Å². The fourth-order valence-corrected chi connectivity index (χ4v) is 2.03. The largest absolute Gasteiger partial charge is 0.462 e. The van der Waals surface area contributed by atoms with E-state index < -0.39 is 10.8 Å². The van der Waals surface area contributed by atoms with Crippen molar-refractivity contribution in [2.75, 3.05) is 6.61 Å². The van der Waals surface area contributed by atoms with Crippen molar-refractivity contribution in [3.8, 4) is 6.07 Å². The maximum atomic E-state index is 11.9. The topological polar surface area (TPSA) is 67.2 Å². The Hall–Kier alpha value is -1.67. The van der Waals surface area contributed by atoms with E-state index in [0.29, 0.717) is 11.1 Å². The zero-order valence-corrected chi connectivity index (χ0v) is 12.4. The normalized spacial score (nSPS) is 11.5. The summed E-state index contributed by atoms with van der Waals surface area (Å²) in [5.41, 5.74) is 1.61. The standard InChI is InChI=1S/C14H14BrNO3/c1-3-19-14(18)12-8-10(6-7-16)4-5-11(12)13(15)9(2)17/h4-5,8,13H,3,6H2,1-2H3. The highest BCUT2D eigenvalue weighted by Gasteiger charge is 2.21. The van der Waals surface area contributed by atoms with E-state index in [1.54, 1.807) is 25.1 Å². The third-order valence-electron chi connectivity index (χ3n) is 2.53. The van der Waals surface area contributed by atoms with Crippen LogP contribution in [0.1, 0.15) is 40.2 Å². The van der Waals surface area contributed by atoms with Crippen LogP contribution in [0.15, 0.2) is 18.2 Å². The molecule has 0 radical (unpaired) electrons. The summed E-state index contributed by atoms with van der Waals surface area (Å²) < 4.78 is 4.98. The number of carbonyl (C=O) groups is 2. The highest BCUT2D eigenvalue weighted by Crippen LogP contribution is 2.28. The van der Waals surface area contributed by atoms with Gasteiger partial charge in [0.2, 0.25) is 0 Å². The first kappa shape index (κ1) is 15.4. The number of nitriles is 1. The maximum absolute atomic E-state index is 11.9. The average molecular weight is 324 g/mol. The van der Waals surface area contributed by atoms with Crippen molar-refractivity contribution in [2.45, 2.75) is 25.1 Å². The number of esters is 1. The number of alkyl halides is 1. The van der Waals surface area contributed by atoms with Gasteiger partial charge in [0.25, 0.3) is 0 Å². The molecule has 1 rings (SSSR count). The molecule has 1 atom stereocenters. The first-order valence-corrected chi connectivity index (χ1v) is 6.74. The summed E-state index contributed by atoms with van der Waals surface area (Å²) in [5.74, 6) is -0.582. The maximum Gasteiger partial charge on any atom is 0.338 e. The van der Waals surface area contributed by atoms with E-state index in [-0.39, 0.29) is 18.8 Å². The highest BCUT2D eigenvalue weighted by atomic mass is 79.9. The van der Waals surface area contributed by atoms with Gasteiger partial charge in [-0.1, -0.05) is 28.1 Å². The number of ether oxygens (including phenoxy) is 1. The summed E-state index contributed by atoms with van der Waals surface area (Å²) in [7, 11) is 0. The molecule has 0 fully saturated rings. The summed E-state index contributed by atoms with van der Waals surface area (Å²) in [5, 5.41) is 8.69. The molecule has 0 spiro atoms. The van der Waals surface area contributed by atoms with E-state index in [9.17, 15) is 9.59 Å². The first-order chi connectivity index (χ1) is 9.01. The smallest absolute Gasteiger partial charge is 0.338 e. The second-order valence-electron chi connectivity index (χ2n) is 3.95. The molecule has 0 bridgehead atoms. The van der Waals surface area contributed by atoms with Gasteiger partial charge in [0.1, 0.15) is 5.78 Å². The lowest BCUT2D eigenvalue weighted by atomic mass is 9.99. The lowest BCUT2D eigenvalue weighted by Gasteiger charge is -2.13. The van der Waals surface area contributed by atoms with Crippen LogP contribution >= 0.6 is 15.9 Å². The predicted molar refractivity (Wildman–Crippen MR) is 74.1 cm³/mol. The molecule has 0 aliphatic carbocycles. The van der Waals surface area contributed by atoms with Crippen LogP contribution in [0.3, 0.4) is 0 Å². The van der Waals surface area contributed by atoms with Gasteiger partial charge < -0.3 is 4.74 Å². The van der Waals surface area contributed by atoms with Crippen LogP contribution < -0.4 is 0 Å². The van der Waals surface area contributed by atoms with Crippen molar-refractivity contribution in [1.82, 2.24) is 0 Å². The van der Waals surface area contributed by atoms with Gasteiger partial charge in [-0.3, -0.25) is 4.79 Å². The highest BCUT2D eigenvalue weighted by molar-refractivity contribution is 9.09. The minimum atomic E-state index is -0.553. The molecular formula is C14H14BrNO3. The molecule has 100 valence electrons. The number of hydrogen-bond donors (Lipinski definition) is 0. The molecule has 0 aliphatic heterocycles. The molecule has 0 N–H and O–H groups in total. The zero-order chi connectivity index (χ0) is 14.4. The molecule has 1 aromatic carbocycles. The number of benzene rings is 1. The van der Waals surface area contributed by atoms with Crippen molar-refractivity contribution >= 4 is 27.7 Å². The molecule has 4 nitrogen and oxygen atoms in total. The number of rotatable bonds is 5. The molecule has 0 saturated carbocycles. The Bertz CT molecular complexity index is 534. The molecule has 0 amide bonds. The second kappa shape index (κ2) is 7.05. The first-order valence-electron chi connectivity index (χ1n) is 5.82. The minimum Gasteiger partial charge on any atom is -0.462 e. The lowest BCUT2D eigenvalue weighted by molar-refractivity contribution is -0.116. The Morgan fingerprint density at radius 1 is 1.47 bits per heavy atom. The Labute approximate surface area is 120 Å². The number of Topliss-reactive ketones (excluding diaryl/α,β-unsaturated/α-hetero) is 1. The quantitative estimate of drug-likeness (QED) is 0.617. The lowest BCUT2D eigenvalue weighted by Crippen LogP contribution is -2.12. The number of ketones is 1. The van der Waals surface area contributed by atoms with Crippen molar-refractivity contribution in [3.63, 3.8) is 0 Å². The van der Waals surface area contributed by atoms with Gasteiger partial charge in [-0.2, -0.15) is 5.26 Å². The van der Waals surface area contributed by atoms with Crippen LogP contribution in [0, 0.1) is 11.3 Å². The van der Waals surface area contributed by atoms with E-state index in [4.69, 9.17) is 10.00 Å². The zero-order valence-electron chi connectivity index (χ0n) is 10.8. The fraction of sp³-hybridized carbons (Fsp3) is 0.357. The summed E-state index contributed by atoms with van der Waals surface area (Å²) in [6, 6.07) is 7.04. The SMILES string of the molecule is CCOC(=O)c1cc(CC#N)ccc1C(Br)C(C)=O. The Morgan fingerprint density at radius 2 is 2.16 bits per heavy atom. The Kier molecular flexibility index (Phi) is 5.71. The molecule has 1 unspecified atom stereocenters. The van der Waals surface area contributed by atoms with E-state index in [2.05, 4.69) is 15.9 Å². The van der Waals surface area contributed by atoms with E-state index >= 15 is 0 Å². The van der Waals surface area contributed by atoms with Gasteiger partial charge in [-0.05, 0) is 31.0 Å². The summed E-state index contributed by atoms with van der Waals surface area (Å²) >= 11 is 3.26. The Balaban J connectivity index is 3.26. The van der Waals surface area contributed by atoms with E-state index in [0.717, 1.165) is 5.56 Å². The van der Waals surface area contributed by atoms with Gasteiger partial charge in [0, 0.05) is 0 Å². The monoisotopic (exact) mass is 323 g/mol. The van der Waals surface area contributed by atoms with Crippen molar-refractivity contribution in [2.24, 2.45) is 0 Å². The van der Waals surface area contributed by atoms with Crippen molar-refractivity contribution in [1.29, 1.82) is 5.26 Å². The summed E-state index contributed by atoms with van der Waals surface area (Å²) in [6.45, 7) is 3.42. The van der Waals surface area contributed by atoms with Gasteiger partial charge in [0.05, 0.1) is 29.5 Å². The molecule has 0 saturated heterocycles. The van der Waals surface area contributed by atoms with Crippen LogP contribution in [0.25, 0.3) is 0 Å². The molecule has 19 heavy (non-hydrogen) atoms. The number of carbonyl (C=O) groups excluding carboxylic acids is 2. The molecular weight excluding hydrogens is 310 g/mol. The van der Waals surface area contributed by atoms with Crippen molar-refractivity contribution in [3.05, 3.63) is 34.9 Å². The van der Waals surface area contributed by atoms with E-state index in [1.807, 2.05) is 6.07 Å². The summed E-state index contributed by atoms with van der Waals surface area (Å²) in [6.07, 6.45) is 0.208. The van der Waals surface area contributed by atoms with Gasteiger partial charge in [0.15, 0.2) is 0 Å². The predicted octanol–water partition coefficient (Wildman–Crippen LogP) is 2.95. The molecule has 0 heterocycles. The Morgan fingerprint density at radius 3 is 2.68 bits per heavy atom. The minimum absolute atomic E-state index is 0.0985. The number of halogens is 1. The molecule has 1 aromatic rings. The average Bonchev–Trinajstić information content (AvgIpc) is 2.38. The van der Waals surface area contributed by atoms with Crippen LogP contribution in [0.2, 0.25) is 0 Å². The summed E-state index contributed by atoms with van der Waals surface area (Å²) in [4.78, 5) is 22.8. The van der Waals surface area contributed by atoms with Crippen LogP contribution in [0.5, 0.6) is 0 Å². The van der Waals surface area contributed by atoms with E-state index in [1.165, 1.54) is 6.92 Å². The molecule has 5 heteroatoms. The van der Waals surface area contributed by atoms with Gasteiger partial charge in [-0.25, -0.2) is 4.79 Å². The van der Waals surface area contributed by atoms with Gasteiger partial charge in [-0.15, -0.1) is 0 Å². The van der Waals surface area contributed by atoms with Crippen LogP contribution in [0.4, 0.5) is 0 Å². The van der Waals surface area contributed by atoms with Gasteiger partial charge >= 0.3 is 5.97 Å².